The summed E-state index contributed by atoms with van der Waals surface area (Å²) in [6.07, 6.45) is 3.93. The fraction of sp³-hybridized carbons (Fsp3) is 1.00. The van der Waals surface area contributed by atoms with Crippen molar-refractivity contribution in [3.05, 3.63) is 0 Å². The molecule has 1 aliphatic rings. The predicted octanol–water partition coefficient (Wildman–Crippen LogP) is 1.16. The van der Waals surface area contributed by atoms with Gasteiger partial charge in [0.1, 0.15) is 0 Å². The predicted molar refractivity (Wildman–Crippen MR) is 57.3 cm³/mol. The fourth-order valence-electron chi connectivity index (χ4n) is 1.81. The lowest BCUT2D eigenvalue weighted by molar-refractivity contribution is 0.101. The van der Waals surface area contributed by atoms with Crippen LogP contribution in [0, 0.1) is 5.92 Å². The van der Waals surface area contributed by atoms with Gasteiger partial charge in [0.25, 0.3) is 0 Å². The van der Waals surface area contributed by atoms with Gasteiger partial charge in [-0.3, -0.25) is 0 Å². The molecule has 3 heteroatoms. The van der Waals surface area contributed by atoms with E-state index in [9.17, 15) is 0 Å². The third-order valence-electron chi connectivity index (χ3n) is 2.90. The zero-order chi connectivity index (χ0) is 10.4. The molecule has 1 rings (SSSR count). The van der Waals surface area contributed by atoms with Crippen LogP contribution in [0.2, 0.25) is 0 Å². The van der Waals surface area contributed by atoms with Gasteiger partial charge in [0.05, 0.1) is 12.7 Å². The maximum absolute atomic E-state index is 9.09. The molecular formula is C11H23NO2. The van der Waals surface area contributed by atoms with Crippen molar-refractivity contribution in [2.45, 2.75) is 45.3 Å². The Labute approximate surface area is 86.8 Å². The molecule has 2 N–H and O–H groups in total. The molecule has 1 heterocycles. The summed E-state index contributed by atoms with van der Waals surface area (Å²) in [4.78, 5) is 0. The lowest BCUT2D eigenvalue weighted by Crippen LogP contribution is -2.38. The average molecular weight is 201 g/mol. The van der Waals surface area contributed by atoms with Crippen LogP contribution in [0.3, 0.4) is 0 Å². The van der Waals surface area contributed by atoms with Gasteiger partial charge in [-0.2, -0.15) is 0 Å². The summed E-state index contributed by atoms with van der Waals surface area (Å²) in [6.45, 7) is 6.36. The number of aliphatic hydroxyl groups is 1. The first-order chi connectivity index (χ1) is 6.74. The number of aliphatic hydroxyl groups excluding tert-OH is 1. The van der Waals surface area contributed by atoms with Crippen molar-refractivity contribution >= 4 is 0 Å². The zero-order valence-corrected chi connectivity index (χ0v) is 9.33. The Morgan fingerprint density at radius 3 is 2.79 bits per heavy atom. The minimum absolute atomic E-state index is 0.225. The number of rotatable bonds is 6. The van der Waals surface area contributed by atoms with Crippen LogP contribution in [0.5, 0.6) is 0 Å². The Bertz CT molecular complexity index is 144. The Balaban J connectivity index is 2.06. The molecule has 2 atom stereocenters. The maximum atomic E-state index is 9.09. The fourth-order valence-corrected chi connectivity index (χ4v) is 1.81. The molecular weight excluding hydrogens is 178 g/mol. The van der Waals surface area contributed by atoms with E-state index in [-0.39, 0.29) is 12.6 Å². The van der Waals surface area contributed by atoms with Gasteiger partial charge in [-0.25, -0.2) is 0 Å². The highest BCUT2D eigenvalue weighted by molar-refractivity contribution is 4.71. The summed E-state index contributed by atoms with van der Waals surface area (Å²) in [7, 11) is 0. The molecule has 0 aromatic heterocycles. The molecule has 14 heavy (non-hydrogen) atoms. The van der Waals surface area contributed by atoms with Crippen LogP contribution < -0.4 is 5.32 Å². The first-order valence-corrected chi connectivity index (χ1v) is 5.70. The van der Waals surface area contributed by atoms with Gasteiger partial charge in [0, 0.05) is 12.6 Å². The SMILES string of the molecule is CC(C)[C@@H](CO)NCCC1CCCO1. The van der Waals surface area contributed by atoms with Crippen LogP contribution in [0.1, 0.15) is 33.1 Å². The molecule has 0 aliphatic carbocycles. The van der Waals surface area contributed by atoms with Gasteiger partial charge in [-0.1, -0.05) is 13.8 Å². The lowest BCUT2D eigenvalue weighted by Gasteiger charge is -2.20. The van der Waals surface area contributed by atoms with Crippen LogP contribution in [-0.4, -0.2) is 37.0 Å². The molecule has 0 saturated carbocycles. The molecule has 1 saturated heterocycles. The Kier molecular flexibility index (Phi) is 5.45. The molecule has 0 spiro atoms. The number of ether oxygens (including phenoxy) is 1. The van der Waals surface area contributed by atoms with Crippen LogP contribution in [0.25, 0.3) is 0 Å². The molecule has 1 unspecified atom stereocenters. The summed E-state index contributed by atoms with van der Waals surface area (Å²) in [5.74, 6) is 0.490. The van der Waals surface area contributed by atoms with E-state index < -0.39 is 0 Å². The van der Waals surface area contributed by atoms with Crippen molar-refractivity contribution in [3.8, 4) is 0 Å². The van der Waals surface area contributed by atoms with E-state index in [0.717, 1.165) is 19.6 Å². The van der Waals surface area contributed by atoms with Crippen molar-refractivity contribution in [3.63, 3.8) is 0 Å². The highest BCUT2D eigenvalue weighted by Gasteiger charge is 2.16. The van der Waals surface area contributed by atoms with Crippen molar-refractivity contribution in [2.24, 2.45) is 5.92 Å². The summed E-state index contributed by atoms with van der Waals surface area (Å²) in [5.41, 5.74) is 0. The third kappa shape index (κ3) is 3.95. The van der Waals surface area contributed by atoms with E-state index in [2.05, 4.69) is 19.2 Å². The summed E-state index contributed by atoms with van der Waals surface area (Å²) < 4.78 is 5.53. The van der Waals surface area contributed by atoms with E-state index >= 15 is 0 Å². The van der Waals surface area contributed by atoms with E-state index in [1.165, 1.54) is 12.8 Å². The number of hydrogen-bond donors (Lipinski definition) is 2. The first kappa shape index (κ1) is 12.0. The van der Waals surface area contributed by atoms with Gasteiger partial charge in [0.15, 0.2) is 0 Å². The second-order valence-corrected chi connectivity index (χ2v) is 4.41. The van der Waals surface area contributed by atoms with Crippen LogP contribution in [0.15, 0.2) is 0 Å². The molecule has 0 amide bonds. The van der Waals surface area contributed by atoms with Crippen molar-refractivity contribution in [2.75, 3.05) is 19.8 Å². The zero-order valence-electron chi connectivity index (χ0n) is 9.33. The van der Waals surface area contributed by atoms with Gasteiger partial charge >= 0.3 is 0 Å². The standard InChI is InChI=1S/C11H23NO2/c1-9(2)11(8-13)12-6-5-10-4-3-7-14-10/h9-13H,3-8H2,1-2H3/t10?,11-/m1/s1. The van der Waals surface area contributed by atoms with E-state index in [1.807, 2.05) is 0 Å². The highest BCUT2D eigenvalue weighted by atomic mass is 16.5. The van der Waals surface area contributed by atoms with Gasteiger partial charge in [0.2, 0.25) is 0 Å². The Morgan fingerprint density at radius 2 is 2.29 bits per heavy atom. The van der Waals surface area contributed by atoms with Crippen LogP contribution >= 0.6 is 0 Å². The summed E-state index contributed by atoms with van der Waals surface area (Å²) in [6, 6.07) is 0.233. The first-order valence-electron chi connectivity index (χ1n) is 5.70. The van der Waals surface area contributed by atoms with Crippen LogP contribution in [0.4, 0.5) is 0 Å². The second kappa shape index (κ2) is 6.38. The smallest absolute Gasteiger partial charge is 0.0588 e. The highest BCUT2D eigenvalue weighted by Crippen LogP contribution is 2.14. The Hall–Kier alpha value is -0.120. The molecule has 0 aromatic carbocycles. The summed E-state index contributed by atoms with van der Waals surface area (Å²) >= 11 is 0. The number of hydrogen-bond acceptors (Lipinski definition) is 3. The topological polar surface area (TPSA) is 41.5 Å². The van der Waals surface area contributed by atoms with Crippen molar-refractivity contribution in [1.29, 1.82) is 0 Å². The maximum Gasteiger partial charge on any atom is 0.0588 e. The largest absolute Gasteiger partial charge is 0.395 e. The second-order valence-electron chi connectivity index (χ2n) is 4.41. The van der Waals surface area contributed by atoms with Crippen molar-refractivity contribution < 1.29 is 9.84 Å². The number of nitrogens with one attached hydrogen (secondary N) is 1. The monoisotopic (exact) mass is 201 g/mol. The summed E-state index contributed by atoms with van der Waals surface area (Å²) in [5, 5.41) is 12.5. The van der Waals surface area contributed by atoms with Gasteiger partial charge in [-0.15, -0.1) is 0 Å². The molecule has 1 aliphatic heterocycles. The minimum atomic E-state index is 0.225. The molecule has 3 nitrogen and oxygen atoms in total. The molecule has 0 radical (unpaired) electrons. The van der Waals surface area contributed by atoms with Crippen molar-refractivity contribution in [1.82, 2.24) is 5.32 Å². The molecule has 0 aromatic rings. The molecule has 0 bridgehead atoms. The molecule has 1 fully saturated rings. The van der Waals surface area contributed by atoms with Crippen LogP contribution in [-0.2, 0) is 4.74 Å². The lowest BCUT2D eigenvalue weighted by atomic mass is 10.1. The van der Waals surface area contributed by atoms with E-state index in [4.69, 9.17) is 9.84 Å². The quantitative estimate of drug-likeness (QED) is 0.677. The van der Waals surface area contributed by atoms with Gasteiger partial charge < -0.3 is 15.2 Å². The average Bonchev–Trinajstić information content (AvgIpc) is 2.64. The van der Waals surface area contributed by atoms with Gasteiger partial charge in [-0.05, 0) is 31.7 Å². The third-order valence-corrected chi connectivity index (χ3v) is 2.90. The molecule has 84 valence electrons. The van der Waals surface area contributed by atoms with E-state index in [1.54, 1.807) is 0 Å². The normalized spacial score (nSPS) is 24.4. The Morgan fingerprint density at radius 1 is 1.50 bits per heavy atom. The van der Waals surface area contributed by atoms with E-state index in [0.29, 0.717) is 12.0 Å². The minimum Gasteiger partial charge on any atom is -0.395 e.